The van der Waals surface area contributed by atoms with Gasteiger partial charge in [-0.25, -0.2) is 13.8 Å². The van der Waals surface area contributed by atoms with E-state index in [1.165, 1.54) is 32.6 Å². The second-order valence-electron chi connectivity index (χ2n) is 6.47. The highest BCUT2D eigenvalue weighted by Crippen LogP contribution is 2.33. The highest BCUT2D eigenvalue weighted by atomic mass is 32.2. The molecule has 0 saturated heterocycles. The maximum absolute atomic E-state index is 12.4. The van der Waals surface area contributed by atoms with Crippen molar-refractivity contribution in [2.75, 3.05) is 44.5 Å². The van der Waals surface area contributed by atoms with Crippen LogP contribution in [0.3, 0.4) is 0 Å². The smallest absolute Gasteiger partial charge is 0.260 e. The summed E-state index contributed by atoms with van der Waals surface area (Å²) in [6.07, 6.45) is 2.42. The Morgan fingerprint density at radius 2 is 1.90 bits per heavy atom. The fourth-order valence-electron chi connectivity index (χ4n) is 2.92. The maximum atomic E-state index is 12.4. The summed E-state index contributed by atoms with van der Waals surface area (Å²) >= 11 is 0. The Hall–Kier alpha value is -3.47. The van der Waals surface area contributed by atoms with Gasteiger partial charge in [0, 0.05) is 11.6 Å². The lowest BCUT2D eigenvalue weighted by Crippen LogP contribution is -2.39. The molecule has 3 rings (SSSR count). The molecule has 0 atom stereocenters. The second kappa shape index (κ2) is 9.56. The zero-order valence-corrected chi connectivity index (χ0v) is 18.1. The maximum Gasteiger partial charge on any atom is 0.260 e. The minimum atomic E-state index is -3.76. The first-order valence-corrected chi connectivity index (χ1v) is 11.1. The van der Waals surface area contributed by atoms with E-state index >= 15 is 0 Å². The molecule has 11 heteroatoms. The van der Waals surface area contributed by atoms with Crippen LogP contribution in [0.25, 0.3) is 0 Å². The Labute approximate surface area is 180 Å². The summed E-state index contributed by atoms with van der Waals surface area (Å²) in [6.45, 7) is 0.402. The summed E-state index contributed by atoms with van der Waals surface area (Å²) in [5.74, 6) is 1.28. The normalized spacial score (nSPS) is 13.0. The van der Waals surface area contributed by atoms with Crippen LogP contribution in [0.4, 0.5) is 5.69 Å². The van der Waals surface area contributed by atoms with Crippen LogP contribution in [-0.4, -0.2) is 60.8 Å². The number of para-hydroxylation sites is 1. The van der Waals surface area contributed by atoms with Crippen LogP contribution in [-0.2, 0) is 14.8 Å². The molecule has 0 bridgehead atoms. The van der Waals surface area contributed by atoms with Gasteiger partial charge in [0.2, 0.25) is 10.0 Å². The van der Waals surface area contributed by atoms with E-state index < -0.39 is 22.5 Å². The van der Waals surface area contributed by atoms with E-state index in [1.54, 1.807) is 24.3 Å². The molecule has 1 amide bonds. The average molecular weight is 449 g/mol. The lowest BCUT2D eigenvalue weighted by atomic mass is 10.2. The molecule has 0 aliphatic carbocycles. The molecule has 2 aromatic carbocycles. The van der Waals surface area contributed by atoms with Gasteiger partial charge in [0.05, 0.1) is 32.4 Å². The van der Waals surface area contributed by atoms with E-state index in [-0.39, 0.29) is 5.69 Å². The molecule has 1 aliphatic heterocycles. The van der Waals surface area contributed by atoms with Crippen molar-refractivity contribution >= 4 is 27.8 Å². The fraction of sp³-hybridized carbons (Fsp3) is 0.300. The third-order valence-electron chi connectivity index (χ3n) is 4.33. The topological polar surface area (TPSA) is 116 Å². The first-order chi connectivity index (χ1) is 14.8. The summed E-state index contributed by atoms with van der Waals surface area (Å²) in [7, 11) is -0.853. The first kappa shape index (κ1) is 22.2. The van der Waals surface area contributed by atoms with Crippen LogP contribution < -0.4 is 28.7 Å². The molecule has 0 saturated carbocycles. The number of amides is 1. The van der Waals surface area contributed by atoms with E-state index in [2.05, 4.69) is 10.5 Å². The Balaban J connectivity index is 1.73. The van der Waals surface area contributed by atoms with Gasteiger partial charge in [-0.05, 0) is 24.3 Å². The number of methoxy groups -OCH3 is 2. The molecule has 1 heterocycles. The monoisotopic (exact) mass is 449 g/mol. The minimum absolute atomic E-state index is 0.252. The van der Waals surface area contributed by atoms with Crippen molar-refractivity contribution in [1.29, 1.82) is 0 Å². The van der Waals surface area contributed by atoms with Crippen molar-refractivity contribution in [2.24, 2.45) is 5.10 Å². The molecule has 0 radical (unpaired) electrons. The van der Waals surface area contributed by atoms with Gasteiger partial charge in [-0.15, -0.1) is 0 Å². The minimum Gasteiger partial charge on any atom is -0.493 e. The van der Waals surface area contributed by atoms with E-state index in [4.69, 9.17) is 18.9 Å². The Kier molecular flexibility index (Phi) is 6.85. The molecule has 0 spiro atoms. The molecule has 2 aromatic rings. The number of benzene rings is 2. The zero-order chi connectivity index (χ0) is 22.4. The van der Waals surface area contributed by atoms with Crippen molar-refractivity contribution in [3.63, 3.8) is 0 Å². The number of hydrogen-bond donors (Lipinski definition) is 1. The Morgan fingerprint density at radius 3 is 2.61 bits per heavy atom. The van der Waals surface area contributed by atoms with E-state index in [0.29, 0.717) is 41.8 Å². The summed E-state index contributed by atoms with van der Waals surface area (Å²) in [4.78, 5) is 12.4. The molecular weight excluding hydrogens is 426 g/mol. The molecule has 166 valence electrons. The van der Waals surface area contributed by atoms with Gasteiger partial charge in [0.15, 0.2) is 23.0 Å². The predicted molar refractivity (Wildman–Crippen MR) is 115 cm³/mol. The van der Waals surface area contributed by atoms with Crippen LogP contribution in [0, 0.1) is 0 Å². The quantitative estimate of drug-likeness (QED) is 0.478. The molecular formula is C20H23N3O7S. The third-order valence-corrected chi connectivity index (χ3v) is 5.47. The number of carbonyl (C=O) groups is 1. The van der Waals surface area contributed by atoms with E-state index in [1.807, 2.05) is 0 Å². The lowest BCUT2D eigenvalue weighted by molar-refractivity contribution is -0.119. The molecule has 1 N–H and O–H groups in total. The molecule has 0 unspecified atom stereocenters. The van der Waals surface area contributed by atoms with Crippen LogP contribution in [0.15, 0.2) is 41.5 Å². The fourth-order valence-corrected chi connectivity index (χ4v) is 3.77. The highest BCUT2D eigenvalue weighted by Gasteiger charge is 2.22. The van der Waals surface area contributed by atoms with Crippen molar-refractivity contribution in [1.82, 2.24) is 5.43 Å². The number of hydrogen-bond acceptors (Lipinski definition) is 8. The van der Waals surface area contributed by atoms with Crippen LogP contribution in [0.2, 0.25) is 0 Å². The third kappa shape index (κ3) is 5.37. The van der Waals surface area contributed by atoms with Gasteiger partial charge in [-0.3, -0.25) is 9.10 Å². The predicted octanol–water partition coefficient (Wildman–Crippen LogP) is 1.39. The van der Waals surface area contributed by atoms with Gasteiger partial charge < -0.3 is 18.9 Å². The molecule has 10 nitrogen and oxygen atoms in total. The highest BCUT2D eigenvalue weighted by molar-refractivity contribution is 7.92. The summed E-state index contributed by atoms with van der Waals surface area (Å²) < 4.78 is 47.0. The number of carbonyl (C=O) groups excluding carboxylic acids is 1. The number of fused-ring (bicyclic) bond motifs is 1. The van der Waals surface area contributed by atoms with Crippen molar-refractivity contribution in [2.45, 2.75) is 0 Å². The lowest BCUT2D eigenvalue weighted by Gasteiger charge is -2.22. The standard InChI is InChI=1S/C20H23N3O7S/c1-27-16-8-7-15(11-18(16)28-2)23(31(3,25)26)13-19(24)22-21-12-14-5-4-6-17-20(14)30-10-9-29-17/h4-8,11-12H,9-10,13H2,1-3H3,(H,22,24)/b21-12-. The average Bonchev–Trinajstić information content (AvgIpc) is 2.76. The number of ether oxygens (including phenoxy) is 4. The van der Waals surface area contributed by atoms with Crippen LogP contribution >= 0.6 is 0 Å². The van der Waals surface area contributed by atoms with E-state index in [9.17, 15) is 13.2 Å². The SMILES string of the molecule is COc1ccc(N(CC(=O)N/N=C\c2cccc3c2OCCO3)S(C)(=O)=O)cc1OC. The van der Waals surface area contributed by atoms with Crippen molar-refractivity contribution in [3.8, 4) is 23.0 Å². The number of rotatable bonds is 8. The van der Waals surface area contributed by atoms with Gasteiger partial charge in [-0.2, -0.15) is 5.10 Å². The van der Waals surface area contributed by atoms with Gasteiger partial charge in [0.1, 0.15) is 19.8 Å². The van der Waals surface area contributed by atoms with Crippen LogP contribution in [0.5, 0.6) is 23.0 Å². The number of anilines is 1. The Bertz CT molecular complexity index is 1090. The van der Waals surface area contributed by atoms with Gasteiger partial charge in [0.25, 0.3) is 5.91 Å². The Morgan fingerprint density at radius 1 is 1.16 bits per heavy atom. The first-order valence-electron chi connectivity index (χ1n) is 9.23. The number of hydrazone groups is 1. The summed E-state index contributed by atoms with van der Waals surface area (Å²) in [6, 6.07) is 9.87. The molecule has 31 heavy (non-hydrogen) atoms. The second-order valence-corrected chi connectivity index (χ2v) is 8.38. The van der Waals surface area contributed by atoms with Crippen LogP contribution in [0.1, 0.15) is 5.56 Å². The van der Waals surface area contributed by atoms with Crippen molar-refractivity contribution < 1.29 is 32.2 Å². The molecule has 1 aliphatic rings. The largest absolute Gasteiger partial charge is 0.493 e. The van der Waals surface area contributed by atoms with Gasteiger partial charge in [-0.1, -0.05) is 6.07 Å². The van der Waals surface area contributed by atoms with Gasteiger partial charge >= 0.3 is 0 Å². The number of sulfonamides is 1. The van der Waals surface area contributed by atoms with Crippen molar-refractivity contribution in [3.05, 3.63) is 42.0 Å². The zero-order valence-electron chi connectivity index (χ0n) is 17.3. The number of nitrogens with zero attached hydrogens (tertiary/aromatic N) is 2. The van der Waals surface area contributed by atoms with E-state index in [0.717, 1.165) is 10.6 Å². The summed E-state index contributed by atoms with van der Waals surface area (Å²) in [5, 5.41) is 3.91. The molecule has 0 aromatic heterocycles. The number of nitrogens with one attached hydrogen (secondary N) is 1. The molecule has 0 fully saturated rings. The summed E-state index contributed by atoms with van der Waals surface area (Å²) in [5.41, 5.74) is 3.21.